The Labute approximate surface area is 113 Å². The number of halogens is 1. The second-order valence-electron chi connectivity index (χ2n) is 3.73. The van der Waals surface area contributed by atoms with Gasteiger partial charge in [-0.3, -0.25) is 0 Å². The summed E-state index contributed by atoms with van der Waals surface area (Å²) in [7, 11) is 0. The summed E-state index contributed by atoms with van der Waals surface area (Å²) >= 11 is 7.46. The van der Waals surface area contributed by atoms with Crippen LogP contribution in [0.5, 0.6) is 0 Å². The molecule has 18 heavy (non-hydrogen) atoms. The second kappa shape index (κ2) is 4.51. The van der Waals surface area contributed by atoms with Gasteiger partial charge in [0.25, 0.3) is 0 Å². The number of aromatic nitrogens is 3. The molecule has 3 aromatic heterocycles. The molecule has 0 spiro atoms. The highest BCUT2D eigenvalue weighted by molar-refractivity contribution is 7.15. The van der Waals surface area contributed by atoms with Crippen molar-refractivity contribution in [1.29, 1.82) is 0 Å². The lowest BCUT2D eigenvalue weighted by molar-refractivity contribution is 1.28. The first-order valence-electron chi connectivity index (χ1n) is 5.33. The summed E-state index contributed by atoms with van der Waals surface area (Å²) in [6, 6.07) is 5.58. The molecule has 1 N–H and O–H groups in total. The predicted molar refractivity (Wildman–Crippen MR) is 74.7 cm³/mol. The number of thiazole rings is 1. The van der Waals surface area contributed by atoms with Gasteiger partial charge in [-0.05, 0) is 25.1 Å². The van der Waals surface area contributed by atoms with Gasteiger partial charge in [-0.1, -0.05) is 11.6 Å². The number of hydrogen-bond donors (Lipinski definition) is 1. The Kier molecular flexibility index (Phi) is 2.85. The van der Waals surface area contributed by atoms with Crippen LogP contribution in [0.25, 0.3) is 11.0 Å². The molecule has 4 nitrogen and oxygen atoms in total. The minimum atomic E-state index is 0.445. The molecule has 3 rings (SSSR count). The van der Waals surface area contributed by atoms with Crippen LogP contribution in [-0.2, 0) is 0 Å². The Balaban J connectivity index is 2.06. The first kappa shape index (κ1) is 11.4. The van der Waals surface area contributed by atoms with Crippen LogP contribution >= 0.6 is 22.9 Å². The molecule has 0 aliphatic rings. The fourth-order valence-electron chi connectivity index (χ4n) is 1.67. The molecule has 0 atom stereocenters. The maximum absolute atomic E-state index is 5.86. The lowest BCUT2D eigenvalue weighted by Gasteiger charge is -2.06. The molecule has 0 aliphatic carbocycles. The van der Waals surface area contributed by atoms with Gasteiger partial charge in [0, 0.05) is 11.6 Å². The van der Waals surface area contributed by atoms with E-state index in [1.807, 2.05) is 25.3 Å². The van der Waals surface area contributed by atoms with E-state index in [1.165, 1.54) is 0 Å². The third kappa shape index (κ3) is 2.14. The van der Waals surface area contributed by atoms with Gasteiger partial charge >= 0.3 is 0 Å². The zero-order valence-corrected chi connectivity index (χ0v) is 11.1. The van der Waals surface area contributed by atoms with Crippen LogP contribution in [0.3, 0.4) is 0 Å². The standard InChI is InChI=1S/C12H9ClN4S/c1-7-15-6-11(18-7)16-9-4-5-14-12-8(9)2-3-10(13)17-12/h2-6H,1H3,(H,14,16,17). The summed E-state index contributed by atoms with van der Waals surface area (Å²) in [5.74, 6) is 0. The largest absolute Gasteiger partial charge is 0.345 e. The zero-order chi connectivity index (χ0) is 12.5. The molecular formula is C12H9ClN4S. The smallest absolute Gasteiger partial charge is 0.162 e. The molecule has 0 radical (unpaired) electrons. The maximum Gasteiger partial charge on any atom is 0.162 e. The predicted octanol–water partition coefficient (Wildman–Crippen LogP) is 3.79. The second-order valence-corrected chi connectivity index (χ2v) is 5.35. The Bertz CT molecular complexity index is 710. The maximum atomic E-state index is 5.86. The molecule has 90 valence electrons. The van der Waals surface area contributed by atoms with Crippen molar-refractivity contribution in [3.8, 4) is 0 Å². The van der Waals surface area contributed by atoms with Crippen LogP contribution in [0.1, 0.15) is 5.01 Å². The molecule has 0 aromatic carbocycles. The normalized spacial score (nSPS) is 10.8. The lowest BCUT2D eigenvalue weighted by Crippen LogP contribution is -1.92. The van der Waals surface area contributed by atoms with Crippen LogP contribution < -0.4 is 5.32 Å². The monoisotopic (exact) mass is 276 g/mol. The summed E-state index contributed by atoms with van der Waals surface area (Å²) in [6.45, 7) is 1.97. The number of pyridine rings is 2. The Morgan fingerprint density at radius 1 is 1.22 bits per heavy atom. The minimum Gasteiger partial charge on any atom is -0.345 e. The highest BCUT2D eigenvalue weighted by Gasteiger charge is 2.05. The fourth-order valence-corrected chi connectivity index (χ4v) is 2.50. The summed E-state index contributed by atoms with van der Waals surface area (Å²) in [5.41, 5.74) is 1.58. The Morgan fingerprint density at radius 2 is 2.11 bits per heavy atom. The molecule has 0 unspecified atom stereocenters. The zero-order valence-electron chi connectivity index (χ0n) is 9.51. The van der Waals surface area contributed by atoms with Gasteiger partial charge in [-0.2, -0.15) is 0 Å². The Morgan fingerprint density at radius 3 is 2.89 bits per heavy atom. The molecule has 0 saturated heterocycles. The lowest BCUT2D eigenvalue weighted by atomic mass is 10.2. The number of nitrogens with one attached hydrogen (secondary N) is 1. The average Bonchev–Trinajstić information content (AvgIpc) is 2.75. The van der Waals surface area contributed by atoms with Crippen LogP contribution in [0.2, 0.25) is 5.15 Å². The molecule has 0 amide bonds. The Hall–Kier alpha value is -1.72. The van der Waals surface area contributed by atoms with Crippen LogP contribution in [-0.4, -0.2) is 15.0 Å². The van der Waals surface area contributed by atoms with Crippen molar-refractivity contribution in [2.75, 3.05) is 5.32 Å². The highest BCUT2D eigenvalue weighted by Crippen LogP contribution is 2.27. The van der Waals surface area contributed by atoms with E-state index in [0.29, 0.717) is 10.8 Å². The van der Waals surface area contributed by atoms with Crippen molar-refractivity contribution in [2.24, 2.45) is 0 Å². The van der Waals surface area contributed by atoms with Crippen LogP contribution in [0.4, 0.5) is 10.7 Å². The molecule has 0 saturated carbocycles. The summed E-state index contributed by atoms with van der Waals surface area (Å²) in [6.07, 6.45) is 3.53. The van der Waals surface area contributed by atoms with E-state index in [2.05, 4.69) is 20.3 Å². The van der Waals surface area contributed by atoms with Crippen LogP contribution in [0, 0.1) is 6.92 Å². The van der Waals surface area contributed by atoms with Gasteiger partial charge in [0.05, 0.1) is 16.9 Å². The van der Waals surface area contributed by atoms with Crippen molar-refractivity contribution in [1.82, 2.24) is 15.0 Å². The fraction of sp³-hybridized carbons (Fsp3) is 0.0833. The number of nitrogens with zero attached hydrogens (tertiary/aromatic N) is 3. The van der Waals surface area contributed by atoms with Gasteiger partial charge in [-0.25, -0.2) is 15.0 Å². The SMILES string of the molecule is Cc1ncc(Nc2ccnc3nc(Cl)ccc23)s1. The molecule has 3 heterocycles. The third-order valence-corrected chi connectivity index (χ3v) is 3.49. The van der Waals surface area contributed by atoms with Crippen molar-refractivity contribution in [3.63, 3.8) is 0 Å². The average molecular weight is 277 g/mol. The van der Waals surface area contributed by atoms with E-state index in [-0.39, 0.29) is 0 Å². The molecule has 0 fully saturated rings. The topological polar surface area (TPSA) is 50.7 Å². The number of anilines is 2. The van der Waals surface area contributed by atoms with E-state index >= 15 is 0 Å². The van der Waals surface area contributed by atoms with Gasteiger partial charge in [0.2, 0.25) is 0 Å². The first-order valence-corrected chi connectivity index (χ1v) is 6.52. The highest BCUT2D eigenvalue weighted by atomic mass is 35.5. The van der Waals surface area contributed by atoms with Gasteiger partial charge in [0.15, 0.2) is 5.65 Å². The van der Waals surface area contributed by atoms with E-state index in [9.17, 15) is 0 Å². The molecule has 3 aromatic rings. The quantitative estimate of drug-likeness (QED) is 0.724. The van der Waals surface area contributed by atoms with E-state index in [1.54, 1.807) is 23.6 Å². The molecule has 0 aliphatic heterocycles. The van der Waals surface area contributed by atoms with E-state index in [0.717, 1.165) is 21.1 Å². The summed E-state index contributed by atoms with van der Waals surface area (Å²) in [4.78, 5) is 12.6. The van der Waals surface area contributed by atoms with Gasteiger partial charge < -0.3 is 5.32 Å². The van der Waals surface area contributed by atoms with Gasteiger partial charge in [0.1, 0.15) is 10.2 Å². The van der Waals surface area contributed by atoms with Crippen molar-refractivity contribution < 1.29 is 0 Å². The van der Waals surface area contributed by atoms with Crippen molar-refractivity contribution in [2.45, 2.75) is 6.92 Å². The van der Waals surface area contributed by atoms with Crippen molar-refractivity contribution in [3.05, 3.63) is 40.8 Å². The van der Waals surface area contributed by atoms with Crippen LogP contribution in [0.15, 0.2) is 30.6 Å². The molecule has 6 heteroatoms. The number of aryl methyl sites for hydroxylation is 1. The first-order chi connectivity index (χ1) is 8.72. The van der Waals surface area contributed by atoms with Crippen molar-refractivity contribution >= 4 is 44.7 Å². The molecular weight excluding hydrogens is 268 g/mol. The number of hydrogen-bond acceptors (Lipinski definition) is 5. The third-order valence-electron chi connectivity index (χ3n) is 2.45. The number of rotatable bonds is 2. The number of fused-ring (bicyclic) bond motifs is 1. The summed E-state index contributed by atoms with van der Waals surface area (Å²) in [5, 5.41) is 6.72. The molecule has 0 bridgehead atoms. The van der Waals surface area contributed by atoms with E-state index < -0.39 is 0 Å². The van der Waals surface area contributed by atoms with E-state index in [4.69, 9.17) is 11.6 Å². The summed E-state index contributed by atoms with van der Waals surface area (Å²) < 4.78 is 0. The minimum absolute atomic E-state index is 0.445. The van der Waals surface area contributed by atoms with Gasteiger partial charge in [-0.15, -0.1) is 11.3 Å².